The van der Waals surface area contributed by atoms with E-state index >= 15 is 0 Å². The molecule has 28 heavy (non-hydrogen) atoms. The number of benzene rings is 2. The van der Waals surface area contributed by atoms with E-state index in [9.17, 15) is 0 Å². The molecule has 7 heteroatoms. The Balaban J connectivity index is 1.31. The van der Waals surface area contributed by atoms with E-state index in [0.29, 0.717) is 11.1 Å². The summed E-state index contributed by atoms with van der Waals surface area (Å²) in [5.74, 6) is 1.35. The smallest absolute Gasteiger partial charge is 0.276 e. The van der Waals surface area contributed by atoms with Crippen LogP contribution in [0.3, 0.4) is 0 Å². The van der Waals surface area contributed by atoms with Crippen molar-refractivity contribution >= 4 is 23.4 Å². The number of rotatable bonds is 6. The minimum atomic E-state index is 0.158. The Bertz CT molecular complexity index is 916. The first-order valence-corrected chi connectivity index (χ1v) is 10.8. The van der Waals surface area contributed by atoms with Gasteiger partial charge in [0.05, 0.1) is 6.61 Å². The van der Waals surface area contributed by atoms with Gasteiger partial charge in [0.2, 0.25) is 5.89 Å². The largest absolute Gasteiger partial charge is 0.411 e. The van der Waals surface area contributed by atoms with Crippen molar-refractivity contribution in [2.45, 2.75) is 24.8 Å². The minimum Gasteiger partial charge on any atom is -0.411 e. The Morgan fingerprint density at radius 2 is 1.96 bits per heavy atom. The van der Waals surface area contributed by atoms with Crippen LogP contribution >= 0.6 is 23.4 Å². The van der Waals surface area contributed by atoms with Gasteiger partial charge in [-0.2, -0.15) is 0 Å². The molecule has 1 fully saturated rings. The molecule has 3 aromatic rings. The molecule has 2 heterocycles. The maximum absolute atomic E-state index is 6.31. The molecule has 5 nitrogen and oxygen atoms in total. The zero-order chi connectivity index (χ0) is 19.3. The number of morpholine rings is 1. The van der Waals surface area contributed by atoms with E-state index in [2.05, 4.69) is 23.2 Å². The number of thioether (sulfide) groups is 1. The highest BCUT2D eigenvalue weighted by Crippen LogP contribution is 2.24. The van der Waals surface area contributed by atoms with Crippen molar-refractivity contribution in [2.75, 3.05) is 25.4 Å². The number of halogens is 1. The molecule has 0 bridgehead atoms. The van der Waals surface area contributed by atoms with Gasteiger partial charge in [0.1, 0.15) is 25.7 Å². The second-order valence-electron chi connectivity index (χ2n) is 7.02. The van der Waals surface area contributed by atoms with E-state index < -0.39 is 0 Å². The molecule has 2 aromatic carbocycles. The lowest BCUT2D eigenvalue weighted by molar-refractivity contribution is -0.924. The van der Waals surface area contributed by atoms with Gasteiger partial charge in [0.25, 0.3) is 5.22 Å². The molecule has 2 atom stereocenters. The molecule has 0 spiro atoms. The maximum atomic E-state index is 6.31. The van der Waals surface area contributed by atoms with Gasteiger partial charge in [-0.3, -0.25) is 0 Å². The molecular weight excluding hydrogens is 394 g/mol. The third kappa shape index (κ3) is 4.94. The second kappa shape index (κ2) is 9.09. The molecule has 0 radical (unpaired) electrons. The molecule has 4 rings (SSSR count). The molecule has 0 amide bonds. The molecule has 1 saturated heterocycles. The summed E-state index contributed by atoms with van der Waals surface area (Å²) in [6, 6.07) is 16.1. The van der Waals surface area contributed by atoms with Crippen LogP contribution in [0.1, 0.15) is 11.1 Å². The average molecular weight is 417 g/mol. The summed E-state index contributed by atoms with van der Waals surface area (Å²) in [5.41, 5.74) is 3.33. The molecule has 0 saturated carbocycles. The Kier molecular flexibility index (Phi) is 6.32. The normalized spacial score (nSPS) is 19.6. The number of ether oxygens (including phenoxy) is 1. The van der Waals surface area contributed by atoms with Crippen LogP contribution in [0.15, 0.2) is 58.2 Å². The molecule has 146 valence electrons. The number of hydrogen-bond acceptors (Lipinski definition) is 5. The summed E-state index contributed by atoms with van der Waals surface area (Å²) >= 11 is 7.86. The highest BCUT2D eigenvalue weighted by molar-refractivity contribution is 7.99. The molecule has 1 aliphatic heterocycles. The van der Waals surface area contributed by atoms with Gasteiger partial charge >= 0.3 is 0 Å². The van der Waals surface area contributed by atoms with Crippen LogP contribution in [0.2, 0.25) is 5.02 Å². The summed E-state index contributed by atoms with van der Waals surface area (Å²) in [5, 5.41) is 9.74. The van der Waals surface area contributed by atoms with E-state index in [4.69, 9.17) is 20.8 Å². The van der Waals surface area contributed by atoms with Crippen LogP contribution in [0.25, 0.3) is 11.5 Å². The average Bonchev–Trinajstić information content (AvgIpc) is 3.18. The maximum Gasteiger partial charge on any atom is 0.276 e. The zero-order valence-corrected chi connectivity index (χ0v) is 17.3. The van der Waals surface area contributed by atoms with Crippen molar-refractivity contribution in [1.82, 2.24) is 10.2 Å². The fraction of sp³-hybridized carbons (Fsp3) is 0.333. The molecule has 1 N–H and O–H groups in total. The Hall–Kier alpha value is -1.86. The third-order valence-corrected chi connectivity index (χ3v) is 6.14. The van der Waals surface area contributed by atoms with Crippen molar-refractivity contribution in [3.05, 3.63) is 64.7 Å². The number of aryl methyl sites for hydroxylation is 1. The first kappa shape index (κ1) is 19.5. The molecular formula is C21H23ClN3O2S+. The van der Waals surface area contributed by atoms with Crippen LogP contribution in [-0.4, -0.2) is 41.8 Å². The fourth-order valence-corrected chi connectivity index (χ4v) is 4.26. The number of quaternary nitrogens is 1. The molecule has 1 aliphatic rings. The first-order chi connectivity index (χ1) is 13.7. The van der Waals surface area contributed by atoms with Crippen LogP contribution in [0.5, 0.6) is 0 Å². The topological polar surface area (TPSA) is 52.6 Å². The zero-order valence-electron chi connectivity index (χ0n) is 15.7. The minimum absolute atomic E-state index is 0.158. The highest BCUT2D eigenvalue weighted by atomic mass is 35.5. The standard InChI is InChI=1S/C21H22ClN3O2S/c1-15-6-8-16(9-7-15)20-23-24-21(27-20)28-14-18-13-25(10-11-26-18)12-17-4-2-3-5-19(17)22/h2-9,18H,10-14H2,1H3/p+1/t18-/m0/s1. The van der Waals surface area contributed by atoms with Crippen molar-refractivity contribution in [3.8, 4) is 11.5 Å². The third-order valence-electron chi connectivity index (χ3n) is 4.82. The molecule has 1 aromatic heterocycles. The van der Waals surface area contributed by atoms with E-state index in [1.165, 1.54) is 16.0 Å². The Morgan fingerprint density at radius 1 is 1.14 bits per heavy atom. The van der Waals surface area contributed by atoms with Gasteiger partial charge in [-0.25, -0.2) is 0 Å². The Labute approximate surface area is 174 Å². The lowest BCUT2D eigenvalue weighted by atomic mass is 10.1. The van der Waals surface area contributed by atoms with E-state index in [1.54, 1.807) is 11.8 Å². The summed E-state index contributed by atoms with van der Waals surface area (Å²) in [7, 11) is 0. The van der Waals surface area contributed by atoms with Crippen LogP contribution < -0.4 is 4.90 Å². The summed E-state index contributed by atoms with van der Waals surface area (Å²) in [6.45, 7) is 5.66. The number of nitrogens with zero attached hydrogens (tertiary/aromatic N) is 2. The number of nitrogens with one attached hydrogen (secondary N) is 1. The lowest BCUT2D eigenvalue weighted by Gasteiger charge is -2.30. The highest BCUT2D eigenvalue weighted by Gasteiger charge is 2.25. The van der Waals surface area contributed by atoms with Crippen molar-refractivity contribution in [2.24, 2.45) is 0 Å². The van der Waals surface area contributed by atoms with Gasteiger partial charge in [0.15, 0.2) is 0 Å². The van der Waals surface area contributed by atoms with Gasteiger partial charge in [0, 0.05) is 21.9 Å². The van der Waals surface area contributed by atoms with E-state index in [-0.39, 0.29) is 6.10 Å². The predicted molar refractivity (Wildman–Crippen MR) is 111 cm³/mol. The van der Waals surface area contributed by atoms with Crippen LogP contribution in [0.4, 0.5) is 0 Å². The van der Waals surface area contributed by atoms with Crippen molar-refractivity contribution in [3.63, 3.8) is 0 Å². The first-order valence-electron chi connectivity index (χ1n) is 9.39. The molecule has 0 aliphatic carbocycles. The lowest BCUT2D eigenvalue weighted by Crippen LogP contribution is -3.13. The van der Waals surface area contributed by atoms with Crippen molar-refractivity contribution < 1.29 is 14.1 Å². The van der Waals surface area contributed by atoms with Gasteiger partial charge in [-0.15, -0.1) is 10.2 Å². The van der Waals surface area contributed by atoms with Gasteiger partial charge in [-0.05, 0) is 25.1 Å². The van der Waals surface area contributed by atoms with E-state index in [0.717, 1.165) is 42.6 Å². The van der Waals surface area contributed by atoms with Gasteiger partial charge < -0.3 is 14.1 Å². The number of hydrogen-bond donors (Lipinski definition) is 1. The quantitative estimate of drug-likeness (QED) is 0.625. The summed E-state index contributed by atoms with van der Waals surface area (Å²) in [6.07, 6.45) is 0.158. The van der Waals surface area contributed by atoms with Crippen LogP contribution in [-0.2, 0) is 11.3 Å². The monoisotopic (exact) mass is 416 g/mol. The fourth-order valence-electron chi connectivity index (χ4n) is 3.28. The SMILES string of the molecule is Cc1ccc(-c2nnc(SC[C@@H]3C[NH+](Cc4ccccc4Cl)CCO3)o2)cc1. The van der Waals surface area contributed by atoms with Gasteiger partial charge in [-0.1, -0.05) is 59.3 Å². The summed E-state index contributed by atoms with van der Waals surface area (Å²) < 4.78 is 11.7. The second-order valence-corrected chi connectivity index (χ2v) is 8.39. The van der Waals surface area contributed by atoms with E-state index in [1.807, 2.05) is 42.5 Å². The van der Waals surface area contributed by atoms with Crippen LogP contribution in [0, 0.1) is 6.92 Å². The molecule has 1 unspecified atom stereocenters. The summed E-state index contributed by atoms with van der Waals surface area (Å²) in [4.78, 5) is 1.48. The number of aromatic nitrogens is 2. The Morgan fingerprint density at radius 3 is 2.79 bits per heavy atom. The van der Waals surface area contributed by atoms with Crippen molar-refractivity contribution in [1.29, 1.82) is 0 Å². The predicted octanol–water partition coefficient (Wildman–Crippen LogP) is 3.27.